The van der Waals surface area contributed by atoms with E-state index in [2.05, 4.69) is 13.8 Å². The summed E-state index contributed by atoms with van der Waals surface area (Å²) in [6, 6.07) is 11.4. The highest BCUT2D eigenvalue weighted by Gasteiger charge is 2.24. The van der Waals surface area contributed by atoms with Crippen molar-refractivity contribution in [3.05, 3.63) is 65.5 Å². The fourth-order valence-corrected chi connectivity index (χ4v) is 3.68. The van der Waals surface area contributed by atoms with E-state index in [0.717, 1.165) is 40.6 Å². The highest BCUT2D eigenvalue weighted by Crippen LogP contribution is 2.19. The van der Waals surface area contributed by atoms with Crippen LogP contribution < -0.4 is 0 Å². The number of nitrogens with zero attached hydrogens (tertiary/aromatic N) is 1. The molecule has 0 fully saturated rings. The lowest BCUT2D eigenvalue weighted by molar-refractivity contribution is -0.142. The van der Waals surface area contributed by atoms with Crippen LogP contribution in [0.15, 0.2) is 53.4 Å². The molecule has 29 heavy (non-hydrogen) atoms. The molecule has 6 nitrogen and oxygen atoms in total. The number of sulfonamides is 1. The number of halogens is 1. The summed E-state index contributed by atoms with van der Waals surface area (Å²) in [6.07, 6.45) is 0.985. The van der Waals surface area contributed by atoms with E-state index in [1.807, 2.05) is 12.1 Å². The minimum Gasteiger partial charge on any atom is -0.456 e. The van der Waals surface area contributed by atoms with E-state index in [9.17, 15) is 22.4 Å². The first-order chi connectivity index (χ1) is 13.6. The number of carbonyl (C=O) groups is 2. The summed E-state index contributed by atoms with van der Waals surface area (Å²) in [5.41, 5.74) is 1.53. The van der Waals surface area contributed by atoms with Crippen LogP contribution in [0.4, 0.5) is 4.39 Å². The van der Waals surface area contributed by atoms with Gasteiger partial charge in [0.15, 0.2) is 12.4 Å². The summed E-state index contributed by atoms with van der Waals surface area (Å²) in [7, 11) is -2.77. The fraction of sp³-hybridized carbons (Fsp3) is 0.333. The van der Waals surface area contributed by atoms with Gasteiger partial charge in [0.1, 0.15) is 12.4 Å². The highest BCUT2D eigenvalue weighted by molar-refractivity contribution is 7.89. The number of ether oxygens (including phenoxy) is 1. The molecule has 0 radical (unpaired) electrons. The van der Waals surface area contributed by atoms with Crippen LogP contribution >= 0.6 is 0 Å². The van der Waals surface area contributed by atoms with Crippen molar-refractivity contribution < 1.29 is 27.1 Å². The number of hydrogen-bond acceptors (Lipinski definition) is 5. The van der Waals surface area contributed by atoms with Crippen molar-refractivity contribution in [3.63, 3.8) is 0 Å². The number of esters is 1. The molecule has 0 spiro atoms. The average molecular weight is 421 g/mol. The van der Waals surface area contributed by atoms with Crippen LogP contribution in [0.2, 0.25) is 0 Å². The third-order valence-electron chi connectivity index (χ3n) is 4.65. The maximum Gasteiger partial charge on any atom is 0.321 e. The normalized spacial score (nSPS) is 12.6. The van der Waals surface area contributed by atoms with E-state index in [4.69, 9.17) is 4.74 Å². The predicted molar refractivity (Wildman–Crippen MR) is 107 cm³/mol. The van der Waals surface area contributed by atoms with Gasteiger partial charge in [-0.2, -0.15) is 4.31 Å². The van der Waals surface area contributed by atoms with Gasteiger partial charge < -0.3 is 4.74 Å². The molecule has 8 heteroatoms. The molecule has 0 unspecified atom stereocenters. The maximum atomic E-state index is 13.0. The SMILES string of the molecule is CC[C@H](C)c1ccc(C(=O)COC(=O)CN(C)S(=O)(=O)c2ccc(F)cc2)cc1. The molecule has 0 aliphatic carbocycles. The molecule has 0 aromatic heterocycles. The van der Waals surface area contributed by atoms with Gasteiger partial charge >= 0.3 is 5.97 Å². The first-order valence-electron chi connectivity index (χ1n) is 9.15. The van der Waals surface area contributed by atoms with Gasteiger partial charge in [-0.05, 0) is 42.2 Å². The van der Waals surface area contributed by atoms with Crippen LogP contribution in [-0.2, 0) is 19.6 Å². The Morgan fingerprint density at radius 1 is 1.07 bits per heavy atom. The molecular formula is C21H24FNO5S. The number of benzene rings is 2. The van der Waals surface area contributed by atoms with E-state index in [1.165, 1.54) is 7.05 Å². The van der Waals surface area contributed by atoms with Crippen LogP contribution in [-0.4, -0.2) is 44.7 Å². The van der Waals surface area contributed by atoms with Crippen molar-refractivity contribution in [2.45, 2.75) is 31.1 Å². The third kappa shape index (κ3) is 5.95. The zero-order chi connectivity index (χ0) is 21.6. The molecule has 0 N–H and O–H groups in total. The zero-order valence-electron chi connectivity index (χ0n) is 16.6. The van der Waals surface area contributed by atoms with Crippen molar-refractivity contribution in [1.29, 1.82) is 0 Å². The van der Waals surface area contributed by atoms with Crippen molar-refractivity contribution in [2.24, 2.45) is 0 Å². The molecular weight excluding hydrogens is 397 g/mol. The number of hydrogen-bond donors (Lipinski definition) is 0. The minimum absolute atomic E-state index is 0.147. The van der Waals surface area contributed by atoms with Gasteiger partial charge in [-0.25, -0.2) is 12.8 Å². The largest absolute Gasteiger partial charge is 0.456 e. The van der Waals surface area contributed by atoms with Gasteiger partial charge in [0.25, 0.3) is 0 Å². The van der Waals surface area contributed by atoms with Crippen molar-refractivity contribution in [2.75, 3.05) is 20.2 Å². The summed E-state index contributed by atoms with van der Waals surface area (Å²) < 4.78 is 43.4. The summed E-state index contributed by atoms with van der Waals surface area (Å²) >= 11 is 0. The molecule has 0 aliphatic rings. The maximum absolute atomic E-state index is 13.0. The lowest BCUT2D eigenvalue weighted by atomic mass is 9.97. The van der Waals surface area contributed by atoms with Gasteiger partial charge in [0.2, 0.25) is 10.0 Å². The Balaban J connectivity index is 1.91. The van der Waals surface area contributed by atoms with Crippen molar-refractivity contribution in [1.82, 2.24) is 4.31 Å². The van der Waals surface area contributed by atoms with Gasteiger partial charge in [0, 0.05) is 12.6 Å². The Morgan fingerprint density at radius 3 is 2.21 bits per heavy atom. The quantitative estimate of drug-likeness (QED) is 0.458. The second kappa shape index (κ2) is 9.76. The molecule has 0 heterocycles. The van der Waals surface area contributed by atoms with Crippen LogP contribution in [0.1, 0.15) is 42.1 Å². The number of carbonyl (C=O) groups excluding carboxylic acids is 2. The summed E-state index contributed by atoms with van der Waals surface area (Å²) in [4.78, 5) is 24.0. The monoisotopic (exact) mass is 421 g/mol. The van der Waals surface area contributed by atoms with Crippen LogP contribution in [0, 0.1) is 5.82 Å². The molecule has 2 aromatic carbocycles. The van der Waals surface area contributed by atoms with E-state index >= 15 is 0 Å². The molecule has 0 amide bonds. The fourth-order valence-electron chi connectivity index (χ4n) is 2.56. The molecule has 2 aromatic rings. The Hall–Kier alpha value is -2.58. The molecule has 0 aliphatic heterocycles. The average Bonchev–Trinajstić information content (AvgIpc) is 2.71. The number of rotatable bonds is 9. The second-order valence-electron chi connectivity index (χ2n) is 6.73. The summed E-state index contributed by atoms with van der Waals surface area (Å²) in [5, 5.41) is 0. The van der Waals surface area contributed by atoms with E-state index in [0.29, 0.717) is 11.5 Å². The molecule has 156 valence electrons. The zero-order valence-corrected chi connectivity index (χ0v) is 17.4. The predicted octanol–water partition coefficient (Wildman–Crippen LogP) is 3.39. The van der Waals surface area contributed by atoms with E-state index < -0.39 is 35.0 Å². The number of Topliss-reactive ketones (excluding diaryl/α,β-unsaturated/α-hetero) is 1. The Bertz CT molecular complexity index is 956. The smallest absolute Gasteiger partial charge is 0.321 e. The van der Waals surface area contributed by atoms with Crippen LogP contribution in [0.25, 0.3) is 0 Å². The summed E-state index contributed by atoms with van der Waals surface area (Å²) in [5.74, 6) is -1.42. The van der Waals surface area contributed by atoms with Gasteiger partial charge in [-0.1, -0.05) is 38.1 Å². The topological polar surface area (TPSA) is 80.8 Å². The lowest BCUT2D eigenvalue weighted by Gasteiger charge is -2.16. The van der Waals surface area contributed by atoms with Gasteiger partial charge in [-0.3, -0.25) is 9.59 Å². The van der Waals surface area contributed by atoms with E-state index in [1.54, 1.807) is 12.1 Å². The molecule has 2 rings (SSSR count). The highest BCUT2D eigenvalue weighted by atomic mass is 32.2. The minimum atomic E-state index is -3.98. The van der Waals surface area contributed by atoms with E-state index in [-0.39, 0.29) is 10.7 Å². The van der Waals surface area contributed by atoms with Crippen LogP contribution in [0.5, 0.6) is 0 Å². The van der Waals surface area contributed by atoms with Crippen LogP contribution in [0.3, 0.4) is 0 Å². The standard InChI is InChI=1S/C21H24FNO5S/c1-4-15(2)16-5-7-17(8-6-16)20(24)14-28-21(25)13-23(3)29(26,27)19-11-9-18(22)10-12-19/h5-12,15H,4,13-14H2,1-3H3/t15-/m0/s1. The summed E-state index contributed by atoms with van der Waals surface area (Å²) in [6.45, 7) is 3.12. The number of likely N-dealkylation sites (N-methyl/N-ethyl adjacent to an activating group) is 1. The molecule has 1 atom stereocenters. The number of ketones is 1. The second-order valence-corrected chi connectivity index (χ2v) is 8.78. The first kappa shape index (κ1) is 22.7. The van der Waals surface area contributed by atoms with Gasteiger partial charge in [0.05, 0.1) is 4.90 Å². The Morgan fingerprint density at radius 2 is 1.66 bits per heavy atom. The lowest BCUT2D eigenvalue weighted by Crippen LogP contribution is -2.33. The molecule has 0 saturated heterocycles. The first-order valence-corrected chi connectivity index (χ1v) is 10.6. The van der Waals surface area contributed by atoms with Gasteiger partial charge in [-0.15, -0.1) is 0 Å². The Kier molecular flexibility index (Phi) is 7.64. The van der Waals surface area contributed by atoms with Crippen molar-refractivity contribution >= 4 is 21.8 Å². The molecule has 0 saturated carbocycles. The third-order valence-corrected chi connectivity index (χ3v) is 6.47. The van der Waals surface area contributed by atoms with Crippen molar-refractivity contribution in [3.8, 4) is 0 Å². The molecule has 0 bridgehead atoms. The Labute approximate surface area is 170 Å².